The van der Waals surface area contributed by atoms with Crippen molar-refractivity contribution in [1.82, 2.24) is 4.98 Å². The maximum absolute atomic E-state index is 11.4. The molecule has 2 heterocycles. The van der Waals surface area contributed by atoms with Gasteiger partial charge in [0.15, 0.2) is 0 Å². The highest BCUT2D eigenvalue weighted by Crippen LogP contribution is 2.25. The highest BCUT2D eigenvalue weighted by Gasteiger charge is 2.14. The van der Waals surface area contributed by atoms with E-state index in [0.29, 0.717) is 6.42 Å². The van der Waals surface area contributed by atoms with Crippen molar-refractivity contribution in [2.75, 3.05) is 5.32 Å². The Morgan fingerprint density at radius 2 is 1.91 bits per heavy atom. The van der Waals surface area contributed by atoms with Crippen molar-refractivity contribution < 1.29 is 4.79 Å². The van der Waals surface area contributed by atoms with Gasteiger partial charge in [-0.1, -0.05) is 30.3 Å². The van der Waals surface area contributed by atoms with Crippen LogP contribution in [0.1, 0.15) is 23.1 Å². The molecule has 108 valence electrons. The van der Waals surface area contributed by atoms with Crippen LogP contribution >= 0.6 is 0 Å². The van der Waals surface area contributed by atoms with E-state index in [-0.39, 0.29) is 5.91 Å². The molecule has 0 bridgehead atoms. The molecule has 22 heavy (non-hydrogen) atoms. The van der Waals surface area contributed by atoms with E-state index in [1.54, 1.807) is 0 Å². The number of fused-ring (bicyclic) bond motifs is 2. The molecule has 1 aliphatic rings. The molecule has 0 unspecified atom stereocenters. The van der Waals surface area contributed by atoms with Gasteiger partial charge in [-0.15, -0.1) is 0 Å². The van der Waals surface area contributed by atoms with Crippen molar-refractivity contribution in [3.8, 4) is 0 Å². The lowest BCUT2D eigenvalue weighted by molar-refractivity contribution is -0.116. The largest absolute Gasteiger partial charge is 0.326 e. The molecule has 1 aromatic heterocycles. The lowest BCUT2D eigenvalue weighted by Gasteiger charge is -2.17. The summed E-state index contributed by atoms with van der Waals surface area (Å²) in [5.74, 6) is 0.110. The van der Waals surface area contributed by atoms with E-state index in [4.69, 9.17) is 0 Å². The first-order valence-electron chi connectivity index (χ1n) is 7.53. The van der Waals surface area contributed by atoms with Gasteiger partial charge in [0.25, 0.3) is 0 Å². The molecule has 1 aliphatic heterocycles. The predicted octanol–water partition coefficient (Wildman–Crippen LogP) is 3.71. The number of amides is 1. The minimum atomic E-state index is 0.110. The maximum atomic E-state index is 11.4. The number of anilines is 1. The van der Waals surface area contributed by atoms with E-state index in [2.05, 4.69) is 34.6 Å². The monoisotopic (exact) mass is 288 g/mol. The summed E-state index contributed by atoms with van der Waals surface area (Å²) in [6.07, 6.45) is 4.21. The average molecular weight is 288 g/mol. The van der Waals surface area contributed by atoms with Crippen molar-refractivity contribution in [3.05, 3.63) is 71.4 Å². The smallest absolute Gasteiger partial charge is 0.224 e. The standard InChI is InChI=1S/C19H16N2O/c22-19-8-6-16-10-13(5-7-18(16)21-19)9-14-11-15-3-1-2-4-17(15)20-12-14/h1-5,7,10-12H,6,8-9H2,(H,21,22). The van der Waals surface area contributed by atoms with Crippen molar-refractivity contribution >= 4 is 22.5 Å². The van der Waals surface area contributed by atoms with Crippen LogP contribution < -0.4 is 5.32 Å². The van der Waals surface area contributed by atoms with Crippen LogP contribution in [0, 0.1) is 0 Å². The minimum Gasteiger partial charge on any atom is -0.326 e. The summed E-state index contributed by atoms with van der Waals surface area (Å²) in [5.41, 5.74) is 5.67. The highest BCUT2D eigenvalue weighted by atomic mass is 16.1. The molecular weight excluding hydrogens is 272 g/mol. The molecular formula is C19H16N2O. The molecule has 0 atom stereocenters. The van der Waals surface area contributed by atoms with Crippen LogP contribution in [-0.4, -0.2) is 10.9 Å². The molecule has 0 saturated heterocycles. The van der Waals surface area contributed by atoms with Crippen molar-refractivity contribution in [1.29, 1.82) is 0 Å². The molecule has 3 heteroatoms. The van der Waals surface area contributed by atoms with Gasteiger partial charge in [0.2, 0.25) is 5.91 Å². The van der Waals surface area contributed by atoms with E-state index in [9.17, 15) is 4.79 Å². The van der Waals surface area contributed by atoms with Crippen molar-refractivity contribution in [2.24, 2.45) is 0 Å². The van der Waals surface area contributed by atoms with E-state index in [1.165, 1.54) is 22.1 Å². The molecule has 0 aliphatic carbocycles. The highest BCUT2D eigenvalue weighted by molar-refractivity contribution is 5.93. The maximum Gasteiger partial charge on any atom is 0.224 e. The second-order valence-corrected chi connectivity index (χ2v) is 5.75. The number of hydrogen-bond donors (Lipinski definition) is 1. The number of para-hydroxylation sites is 1. The van der Waals surface area contributed by atoms with Crippen LogP contribution in [0.4, 0.5) is 5.69 Å². The zero-order valence-electron chi connectivity index (χ0n) is 12.2. The number of pyridine rings is 1. The van der Waals surface area contributed by atoms with E-state index in [1.807, 2.05) is 30.5 Å². The van der Waals surface area contributed by atoms with E-state index >= 15 is 0 Å². The number of nitrogens with zero attached hydrogens (tertiary/aromatic N) is 1. The number of hydrogen-bond acceptors (Lipinski definition) is 2. The number of benzene rings is 2. The molecule has 0 radical (unpaired) electrons. The number of aromatic nitrogens is 1. The van der Waals surface area contributed by atoms with Gasteiger partial charge in [-0.2, -0.15) is 0 Å². The second-order valence-electron chi connectivity index (χ2n) is 5.75. The lowest BCUT2D eigenvalue weighted by atomic mass is 9.97. The number of rotatable bonds is 2. The van der Waals surface area contributed by atoms with Crippen molar-refractivity contribution in [2.45, 2.75) is 19.3 Å². The predicted molar refractivity (Wildman–Crippen MR) is 87.9 cm³/mol. The summed E-state index contributed by atoms with van der Waals surface area (Å²) in [6, 6.07) is 16.7. The second kappa shape index (κ2) is 5.26. The van der Waals surface area contributed by atoms with Gasteiger partial charge < -0.3 is 5.32 Å². The Kier molecular flexibility index (Phi) is 3.11. The number of aryl methyl sites for hydroxylation is 1. The van der Waals surface area contributed by atoms with Crippen LogP contribution in [0.15, 0.2) is 54.7 Å². The molecule has 1 N–H and O–H groups in total. The first-order chi connectivity index (χ1) is 10.8. The Labute approximate surface area is 129 Å². The average Bonchev–Trinajstić information content (AvgIpc) is 2.55. The van der Waals surface area contributed by atoms with Gasteiger partial charge in [0.1, 0.15) is 0 Å². The van der Waals surface area contributed by atoms with Gasteiger partial charge in [0, 0.05) is 23.7 Å². The molecule has 2 aromatic carbocycles. The Morgan fingerprint density at radius 1 is 1.00 bits per heavy atom. The van der Waals surface area contributed by atoms with Crippen LogP contribution in [0.2, 0.25) is 0 Å². The van der Waals surface area contributed by atoms with Crippen LogP contribution in [0.25, 0.3) is 10.9 Å². The summed E-state index contributed by atoms with van der Waals surface area (Å²) < 4.78 is 0. The zero-order chi connectivity index (χ0) is 14.9. The van der Waals surface area contributed by atoms with Gasteiger partial charge in [-0.05, 0) is 47.7 Å². The normalized spacial score (nSPS) is 13.7. The third-order valence-corrected chi connectivity index (χ3v) is 4.12. The van der Waals surface area contributed by atoms with Crippen LogP contribution in [0.3, 0.4) is 0 Å². The van der Waals surface area contributed by atoms with Gasteiger partial charge in [-0.3, -0.25) is 9.78 Å². The first-order valence-corrected chi connectivity index (χ1v) is 7.53. The summed E-state index contributed by atoms with van der Waals surface area (Å²) in [6.45, 7) is 0. The Hall–Kier alpha value is -2.68. The topological polar surface area (TPSA) is 42.0 Å². The first kappa shape index (κ1) is 13.0. The number of nitrogens with one attached hydrogen (secondary N) is 1. The van der Waals surface area contributed by atoms with E-state index in [0.717, 1.165) is 24.0 Å². The third-order valence-electron chi connectivity index (χ3n) is 4.12. The summed E-state index contributed by atoms with van der Waals surface area (Å²) in [4.78, 5) is 15.9. The SMILES string of the molecule is O=C1CCc2cc(Cc3cnc4ccccc4c3)ccc2N1. The summed E-state index contributed by atoms with van der Waals surface area (Å²) >= 11 is 0. The Morgan fingerprint density at radius 3 is 2.86 bits per heavy atom. The third kappa shape index (κ3) is 2.46. The Balaban J connectivity index is 1.63. The minimum absolute atomic E-state index is 0.110. The Bertz CT molecular complexity index is 870. The molecule has 3 aromatic rings. The fourth-order valence-electron chi connectivity index (χ4n) is 3.00. The molecule has 0 saturated carbocycles. The van der Waals surface area contributed by atoms with Crippen LogP contribution in [0.5, 0.6) is 0 Å². The van der Waals surface area contributed by atoms with Gasteiger partial charge >= 0.3 is 0 Å². The van der Waals surface area contributed by atoms with Gasteiger partial charge in [-0.25, -0.2) is 0 Å². The molecule has 0 fully saturated rings. The fraction of sp³-hybridized carbons (Fsp3) is 0.158. The van der Waals surface area contributed by atoms with Crippen LogP contribution in [-0.2, 0) is 17.6 Å². The summed E-state index contributed by atoms with van der Waals surface area (Å²) in [7, 11) is 0. The molecule has 4 rings (SSSR count). The lowest BCUT2D eigenvalue weighted by Crippen LogP contribution is -2.18. The summed E-state index contributed by atoms with van der Waals surface area (Å²) in [5, 5.41) is 4.10. The number of carbonyl (C=O) groups is 1. The zero-order valence-corrected chi connectivity index (χ0v) is 12.2. The quantitative estimate of drug-likeness (QED) is 0.781. The van der Waals surface area contributed by atoms with E-state index < -0.39 is 0 Å². The molecule has 0 spiro atoms. The van der Waals surface area contributed by atoms with Gasteiger partial charge in [0.05, 0.1) is 5.52 Å². The molecule has 1 amide bonds. The fourth-order valence-corrected chi connectivity index (χ4v) is 3.00. The number of carbonyl (C=O) groups excluding carboxylic acids is 1. The van der Waals surface area contributed by atoms with Crippen molar-refractivity contribution in [3.63, 3.8) is 0 Å². The molecule has 3 nitrogen and oxygen atoms in total.